The summed E-state index contributed by atoms with van der Waals surface area (Å²) in [5.74, 6) is 0.782. The molecule has 0 aromatic carbocycles. The molecule has 32 heavy (non-hydrogen) atoms. The molecule has 1 saturated carbocycles. The van der Waals surface area contributed by atoms with E-state index in [-0.39, 0.29) is 17.9 Å². The van der Waals surface area contributed by atoms with Gasteiger partial charge in [-0.05, 0) is 36.4 Å². The average molecular weight is 451 g/mol. The molecule has 1 aliphatic carbocycles. The largest absolute Gasteiger partial charge is 0.363 e. The molecule has 7 heteroatoms. The summed E-state index contributed by atoms with van der Waals surface area (Å²) in [6, 6.07) is 9.89. The summed E-state index contributed by atoms with van der Waals surface area (Å²) in [4.78, 5) is 38.8. The van der Waals surface area contributed by atoms with Crippen LogP contribution in [0.1, 0.15) is 49.8 Å². The van der Waals surface area contributed by atoms with Gasteiger partial charge in [0.15, 0.2) is 0 Å². The summed E-state index contributed by atoms with van der Waals surface area (Å²) >= 11 is 1.54. The third-order valence-electron chi connectivity index (χ3n) is 6.87. The number of hydrogen-bond acceptors (Lipinski definition) is 6. The molecule has 0 bridgehead atoms. The van der Waals surface area contributed by atoms with Crippen LogP contribution in [0.4, 0.5) is 5.82 Å². The van der Waals surface area contributed by atoms with E-state index in [4.69, 9.17) is 0 Å². The molecule has 1 saturated heterocycles. The number of imide groups is 1. The normalized spacial score (nSPS) is 21.3. The fourth-order valence-corrected chi connectivity index (χ4v) is 5.96. The first-order valence-electron chi connectivity index (χ1n) is 11.8. The van der Waals surface area contributed by atoms with E-state index in [1.54, 1.807) is 16.2 Å². The van der Waals surface area contributed by atoms with Crippen molar-refractivity contribution < 1.29 is 9.59 Å². The minimum absolute atomic E-state index is 0.0255. The Kier molecular flexibility index (Phi) is 6.26. The predicted octanol–water partition coefficient (Wildman–Crippen LogP) is 4.16. The zero-order valence-corrected chi connectivity index (χ0v) is 19.2. The number of nitrogens with zero attached hydrogens (tertiary/aromatic N) is 4. The molecule has 2 amide bonds. The Bertz CT molecular complexity index is 973. The SMILES string of the molecule is O=C1C(c2cccs2)=C(N2CCN(c3ccccn3)CC2)C(=O)N1C1CCCCCCC1. The maximum atomic E-state index is 13.8. The maximum absolute atomic E-state index is 13.8. The maximum Gasteiger partial charge on any atom is 0.278 e. The van der Waals surface area contributed by atoms with Gasteiger partial charge in [0.05, 0.1) is 5.57 Å². The number of amides is 2. The van der Waals surface area contributed by atoms with Crippen LogP contribution in [0, 0.1) is 0 Å². The van der Waals surface area contributed by atoms with Crippen molar-refractivity contribution in [2.45, 2.75) is 51.0 Å². The second-order valence-corrected chi connectivity index (χ2v) is 9.79. The molecule has 2 fully saturated rings. The minimum atomic E-state index is -0.0924. The Balaban J connectivity index is 1.41. The first-order chi connectivity index (χ1) is 15.7. The van der Waals surface area contributed by atoms with E-state index < -0.39 is 0 Å². The lowest BCUT2D eigenvalue weighted by Crippen LogP contribution is -2.48. The first kappa shape index (κ1) is 21.2. The molecule has 5 rings (SSSR count). The van der Waals surface area contributed by atoms with Gasteiger partial charge in [0, 0.05) is 43.3 Å². The topological polar surface area (TPSA) is 56.8 Å². The molecule has 2 aromatic rings. The lowest BCUT2D eigenvalue weighted by molar-refractivity contribution is -0.140. The minimum Gasteiger partial charge on any atom is -0.363 e. The van der Waals surface area contributed by atoms with Gasteiger partial charge in [-0.2, -0.15) is 0 Å². The van der Waals surface area contributed by atoms with E-state index in [1.807, 2.05) is 41.9 Å². The highest BCUT2D eigenvalue weighted by atomic mass is 32.1. The van der Waals surface area contributed by atoms with Gasteiger partial charge in [-0.25, -0.2) is 4.98 Å². The van der Waals surface area contributed by atoms with E-state index in [1.165, 1.54) is 19.3 Å². The summed E-state index contributed by atoms with van der Waals surface area (Å²) in [6.07, 6.45) is 9.50. The molecule has 4 heterocycles. The van der Waals surface area contributed by atoms with Gasteiger partial charge < -0.3 is 9.80 Å². The van der Waals surface area contributed by atoms with Crippen LogP contribution in [-0.2, 0) is 9.59 Å². The van der Waals surface area contributed by atoms with Crippen molar-refractivity contribution in [3.8, 4) is 0 Å². The molecular weight excluding hydrogens is 420 g/mol. The molecule has 2 aromatic heterocycles. The van der Waals surface area contributed by atoms with E-state index in [0.29, 0.717) is 24.4 Å². The van der Waals surface area contributed by atoms with Crippen LogP contribution in [0.25, 0.3) is 5.57 Å². The van der Waals surface area contributed by atoms with E-state index in [0.717, 1.165) is 49.5 Å². The third kappa shape index (κ3) is 4.06. The number of thiophene rings is 1. The highest BCUT2D eigenvalue weighted by Crippen LogP contribution is 2.37. The number of rotatable bonds is 4. The summed E-state index contributed by atoms with van der Waals surface area (Å²) in [6.45, 7) is 2.98. The van der Waals surface area contributed by atoms with Gasteiger partial charge in [-0.1, -0.05) is 44.2 Å². The predicted molar refractivity (Wildman–Crippen MR) is 127 cm³/mol. The molecule has 0 N–H and O–H groups in total. The number of carbonyl (C=O) groups is 2. The highest BCUT2D eigenvalue weighted by molar-refractivity contribution is 7.11. The quantitative estimate of drug-likeness (QED) is 0.655. The smallest absolute Gasteiger partial charge is 0.278 e. The molecule has 0 spiro atoms. The van der Waals surface area contributed by atoms with Gasteiger partial charge in [0.2, 0.25) is 0 Å². The van der Waals surface area contributed by atoms with E-state index >= 15 is 0 Å². The highest BCUT2D eigenvalue weighted by Gasteiger charge is 2.45. The molecule has 0 atom stereocenters. The third-order valence-corrected chi connectivity index (χ3v) is 7.75. The van der Waals surface area contributed by atoms with E-state index in [9.17, 15) is 9.59 Å². The van der Waals surface area contributed by atoms with Gasteiger partial charge in [0.25, 0.3) is 11.8 Å². The summed E-state index contributed by atoms with van der Waals surface area (Å²) in [5.41, 5.74) is 1.22. The Labute approximate surface area is 193 Å². The first-order valence-corrected chi connectivity index (χ1v) is 12.7. The van der Waals surface area contributed by atoms with E-state index in [2.05, 4.69) is 14.8 Å². The Hall–Kier alpha value is -2.67. The number of carbonyl (C=O) groups excluding carboxylic acids is 2. The number of piperazine rings is 1. The lowest BCUT2D eigenvalue weighted by Gasteiger charge is -2.37. The zero-order valence-electron chi connectivity index (χ0n) is 18.4. The number of pyridine rings is 1. The Morgan fingerprint density at radius 1 is 0.812 bits per heavy atom. The van der Waals surface area contributed by atoms with Crippen molar-refractivity contribution in [3.63, 3.8) is 0 Å². The van der Waals surface area contributed by atoms with Gasteiger partial charge in [0.1, 0.15) is 11.5 Å². The fraction of sp³-hybridized carbons (Fsp3) is 0.480. The lowest BCUT2D eigenvalue weighted by atomic mass is 9.95. The number of aromatic nitrogens is 1. The second kappa shape index (κ2) is 9.45. The fourth-order valence-electron chi connectivity index (χ4n) is 5.20. The van der Waals surface area contributed by atoms with Crippen molar-refractivity contribution >= 4 is 34.5 Å². The van der Waals surface area contributed by atoms with Gasteiger partial charge >= 0.3 is 0 Å². The second-order valence-electron chi connectivity index (χ2n) is 8.84. The average Bonchev–Trinajstić information content (AvgIpc) is 3.41. The zero-order chi connectivity index (χ0) is 21.9. The van der Waals surface area contributed by atoms with Crippen LogP contribution in [0.3, 0.4) is 0 Å². The van der Waals surface area contributed by atoms with Crippen molar-refractivity contribution in [1.82, 2.24) is 14.8 Å². The standard InChI is InChI=1S/C25H30N4O2S/c30-24-22(20-11-8-18-32-20)23(25(31)29(24)19-9-4-2-1-3-5-10-19)28-16-14-27(15-17-28)21-12-6-7-13-26-21/h6-8,11-13,18-19H,1-5,9-10,14-17H2. The molecular formula is C25H30N4O2S. The molecule has 168 valence electrons. The van der Waals surface area contributed by atoms with Crippen molar-refractivity contribution in [3.05, 3.63) is 52.5 Å². The molecule has 3 aliphatic rings. The number of hydrogen-bond donors (Lipinski definition) is 0. The van der Waals surface area contributed by atoms with Crippen LogP contribution in [-0.4, -0.2) is 58.8 Å². The Morgan fingerprint density at radius 3 is 2.19 bits per heavy atom. The van der Waals surface area contributed by atoms with Crippen LogP contribution in [0.15, 0.2) is 47.6 Å². The van der Waals surface area contributed by atoms with Crippen molar-refractivity contribution in [2.75, 3.05) is 31.1 Å². The molecule has 0 unspecified atom stereocenters. The monoisotopic (exact) mass is 450 g/mol. The summed E-state index contributed by atoms with van der Waals surface area (Å²) in [7, 11) is 0. The molecule has 6 nitrogen and oxygen atoms in total. The number of anilines is 1. The van der Waals surface area contributed by atoms with Gasteiger partial charge in [-0.15, -0.1) is 11.3 Å². The van der Waals surface area contributed by atoms with Crippen LogP contribution in [0.2, 0.25) is 0 Å². The molecule has 2 aliphatic heterocycles. The Morgan fingerprint density at radius 2 is 1.53 bits per heavy atom. The van der Waals surface area contributed by atoms with Crippen LogP contribution >= 0.6 is 11.3 Å². The van der Waals surface area contributed by atoms with Crippen LogP contribution < -0.4 is 4.90 Å². The molecule has 0 radical (unpaired) electrons. The van der Waals surface area contributed by atoms with Crippen molar-refractivity contribution in [1.29, 1.82) is 0 Å². The summed E-state index contributed by atoms with van der Waals surface area (Å²) in [5, 5.41) is 1.98. The van der Waals surface area contributed by atoms with Crippen molar-refractivity contribution in [2.24, 2.45) is 0 Å². The van der Waals surface area contributed by atoms with Crippen LogP contribution in [0.5, 0.6) is 0 Å². The van der Waals surface area contributed by atoms with Gasteiger partial charge in [-0.3, -0.25) is 14.5 Å². The summed E-state index contributed by atoms with van der Waals surface area (Å²) < 4.78 is 0.